The van der Waals surface area contributed by atoms with E-state index in [2.05, 4.69) is 0 Å². The second-order valence-electron chi connectivity index (χ2n) is 6.07. The van der Waals surface area contributed by atoms with Gasteiger partial charge in [0.05, 0.1) is 33.5 Å². The molecular formula is C20H18Cl2O6S. The third-order valence-electron chi connectivity index (χ3n) is 3.93. The van der Waals surface area contributed by atoms with Crippen molar-refractivity contribution in [3.8, 4) is 0 Å². The third kappa shape index (κ3) is 5.82. The van der Waals surface area contributed by atoms with Gasteiger partial charge in [0, 0.05) is 6.26 Å². The Morgan fingerprint density at radius 1 is 1.00 bits per heavy atom. The van der Waals surface area contributed by atoms with Crippen LogP contribution in [0.1, 0.15) is 24.5 Å². The lowest BCUT2D eigenvalue weighted by Gasteiger charge is -2.16. The maximum atomic E-state index is 12.5. The largest absolute Gasteiger partial charge is 0.481 e. The fourth-order valence-corrected chi connectivity index (χ4v) is 3.60. The molecule has 0 aliphatic carbocycles. The van der Waals surface area contributed by atoms with E-state index in [0.29, 0.717) is 11.1 Å². The summed E-state index contributed by atoms with van der Waals surface area (Å²) in [5.41, 5.74) is 1.05. The standard InChI is InChI=1S/C20H18Cl2O6S/c1-3-28-20(25)15(11-18(23)24)19(13-6-9-16(21)17(22)10-13)12-4-7-14(8-5-12)29(2,26)27/h4-10H,3,11H2,1-2H3,(H,23,24)/b19-15-. The predicted octanol–water partition coefficient (Wildman–Crippen LogP) is 4.24. The van der Waals surface area contributed by atoms with Gasteiger partial charge in [-0.25, -0.2) is 13.2 Å². The van der Waals surface area contributed by atoms with E-state index in [1.807, 2.05) is 0 Å². The van der Waals surface area contributed by atoms with Crippen LogP contribution >= 0.6 is 23.2 Å². The van der Waals surface area contributed by atoms with Crippen molar-refractivity contribution in [3.05, 3.63) is 69.2 Å². The summed E-state index contributed by atoms with van der Waals surface area (Å²) >= 11 is 12.1. The Balaban J connectivity index is 2.80. The molecule has 0 atom stereocenters. The van der Waals surface area contributed by atoms with E-state index >= 15 is 0 Å². The fourth-order valence-electron chi connectivity index (χ4n) is 2.67. The molecule has 2 aromatic carbocycles. The molecule has 0 heterocycles. The molecule has 0 aromatic heterocycles. The van der Waals surface area contributed by atoms with Crippen LogP contribution < -0.4 is 0 Å². The lowest BCUT2D eigenvalue weighted by molar-refractivity contribution is -0.142. The van der Waals surface area contributed by atoms with E-state index in [1.54, 1.807) is 13.0 Å². The Hall–Kier alpha value is -2.35. The normalized spacial score (nSPS) is 12.3. The van der Waals surface area contributed by atoms with Crippen LogP contribution in [0.25, 0.3) is 5.57 Å². The van der Waals surface area contributed by atoms with Crippen molar-refractivity contribution < 1.29 is 27.9 Å². The molecule has 0 aliphatic heterocycles. The maximum Gasteiger partial charge on any atom is 0.335 e. The van der Waals surface area contributed by atoms with Crippen molar-refractivity contribution in [2.45, 2.75) is 18.2 Å². The lowest BCUT2D eigenvalue weighted by atomic mass is 9.91. The van der Waals surface area contributed by atoms with E-state index in [9.17, 15) is 23.1 Å². The Bertz CT molecular complexity index is 1070. The number of sulfone groups is 1. The molecule has 0 aliphatic rings. The molecule has 6 nitrogen and oxygen atoms in total. The highest BCUT2D eigenvalue weighted by atomic mass is 35.5. The molecule has 1 N–H and O–H groups in total. The summed E-state index contributed by atoms with van der Waals surface area (Å²) in [5.74, 6) is -2.01. The number of carbonyl (C=O) groups is 2. The number of hydrogen-bond donors (Lipinski definition) is 1. The van der Waals surface area contributed by atoms with Gasteiger partial charge in [0.1, 0.15) is 0 Å². The molecule has 0 saturated heterocycles. The minimum atomic E-state index is -3.43. The first-order valence-electron chi connectivity index (χ1n) is 8.42. The molecule has 2 aromatic rings. The van der Waals surface area contributed by atoms with Gasteiger partial charge >= 0.3 is 11.9 Å². The predicted molar refractivity (Wildman–Crippen MR) is 111 cm³/mol. The lowest BCUT2D eigenvalue weighted by Crippen LogP contribution is -2.14. The highest BCUT2D eigenvalue weighted by Gasteiger charge is 2.23. The number of rotatable bonds is 7. The second kappa shape index (κ2) is 9.43. The summed E-state index contributed by atoms with van der Waals surface area (Å²) in [4.78, 5) is 24.1. The molecule has 0 bridgehead atoms. The third-order valence-corrected chi connectivity index (χ3v) is 5.80. The van der Waals surface area contributed by atoms with Gasteiger partial charge in [0.25, 0.3) is 0 Å². The molecule has 2 rings (SSSR count). The van der Waals surface area contributed by atoms with Crippen LogP contribution in [0, 0.1) is 0 Å². The Kier molecular flexibility index (Phi) is 7.46. The number of benzene rings is 2. The molecule has 154 valence electrons. The highest BCUT2D eigenvalue weighted by molar-refractivity contribution is 7.90. The van der Waals surface area contributed by atoms with Crippen LogP contribution in [0.3, 0.4) is 0 Å². The monoisotopic (exact) mass is 456 g/mol. The summed E-state index contributed by atoms with van der Waals surface area (Å²) in [6, 6.07) is 10.4. The van der Waals surface area contributed by atoms with E-state index in [0.717, 1.165) is 6.26 Å². The topological polar surface area (TPSA) is 97.7 Å². The van der Waals surface area contributed by atoms with Crippen molar-refractivity contribution in [2.75, 3.05) is 12.9 Å². The van der Waals surface area contributed by atoms with Gasteiger partial charge in [-0.1, -0.05) is 41.4 Å². The van der Waals surface area contributed by atoms with Gasteiger partial charge in [-0.15, -0.1) is 0 Å². The van der Waals surface area contributed by atoms with Gasteiger partial charge < -0.3 is 9.84 Å². The summed E-state index contributed by atoms with van der Waals surface area (Å²) in [6.45, 7) is 1.67. The zero-order chi connectivity index (χ0) is 21.8. The molecule has 0 saturated carbocycles. The van der Waals surface area contributed by atoms with Gasteiger partial charge in [-0.05, 0) is 47.9 Å². The van der Waals surface area contributed by atoms with Crippen molar-refractivity contribution in [2.24, 2.45) is 0 Å². The average Bonchev–Trinajstić information content (AvgIpc) is 2.63. The molecule has 0 unspecified atom stereocenters. The first-order chi connectivity index (χ1) is 13.5. The highest BCUT2D eigenvalue weighted by Crippen LogP contribution is 2.33. The first kappa shape index (κ1) is 22.9. The molecule has 0 fully saturated rings. The number of aliphatic carboxylic acids is 1. The Morgan fingerprint density at radius 3 is 2.07 bits per heavy atom. The zero-order valence-electron chi connectivity index (χ0n) is 15.6. The van der Waals surface area contributed by atoms with Crippen LogP contribution in [0.15, 0.2) is 52.9 Å². The minimum Gasteiger partial charge on any atom is -0.481 e. The van der Waals surface area contributed by atoms with Crippen LogP contribution in [-0.2, 0) is 24.2 Å². The number of carboxylic acids is 1. The first-order valence-corrected chi connectivity index (χ1v) is 11.1. The van der Waals surface area contributed by atoms with Crippen LogP contribution in [0.2, 0.25) is 10.0 Å². The molecule has 9 heteroatoms. The van der Waals surface area contributed by atoms with Crippen LogP contribution in [0.4, 0.5) is 0 Å². The van der Waals surface area contributed by atoms with Crippen LogP contribution in [-0.4, -0.2) is 38.3 Å². The van der Waals surface area contributed by atoms with Gasteiger partial charge in [0.15, 0.2) is 9.84 Å². The fraction of sp³-hybridized carbons (Fsp3) is 0.200. The summed E-state index contributed by atoms with van der Waals surface area (Å²) < 4.78 is 28.5. The maximum absolute atomic E-state index is 12.5. The Morgan fingerprint density at radius 2 is 1.59 bits per heavy atom. The number of carboxylic acid groups (broad SMARTS) is 1. The van der Waals surface area contributed by atoms with E-state index < -0.39 is 28.2 Å². The second-order valence-corrected chi connectivity index (χ2v) is 8.90. The van der Waals surface area contributed by atoms with Gasteiger partial charge in [-0.3, -0.25) is 4.79 Å². The van der Waals surface area contributed by atoms with Crippen molar-refractivity contribution >= 4 is 50.6 Å². The summed E-state index contributed by atoms with van der Waals surface area (Å²) in [5, 5.41) is 9.83. The molecular weight excluding hydrogens is 439 g/mol. The van der Waals surface area contributed by atoms with E-state index in [-0.39, 0.29) is 32.7 Å². The van der Waals surface area contributed by atoms with Crippen molar-refractivity contribution in [1.29, 1.82) is 0 Å². The summed E-state index contributed by atoms with van der Waals surface area (Å²) in [6.07, 6.45) is 0.481. The number of halogens is 2. The van der Waals surface area contributed by atoms with Crippen molar-refractivity contribution in [1.82, 2.24) is 0 Å². The number of hydrogen-bond acceptors (Lipinski definition) is 5. The minimum absolute atomic E-state index is 0.0591. The number of ether oxygens (including phenoxy) is 1. The number of esters is 1. The van der Waals surface area contributed by atoms with E-state index in [4.69, 9.17) is 27.9 Å². The van der Waals surface area contributed by atoms with Crippen molar-refractivity contribution in [3.63, 3.8) is 0 Å². The zero-order valence-corrected chi connectivity index (χ0v) is 17.9. The average molecular weight is 457 g/mol. The molecule has 29 heavy (non-hydrogen) atoms. The van der Waals surface area contributed by atoms with Gasteiger partial charge in [-0.2, -0.15) is 0 Å². The molecule has 0 spiro atoms. The Labute approximate surface area is 178 Å². The molecule has 0 radical (unpaired) electrons. The summed E-state index contributed by atoms with van der Waals surface area (Å²) in [7, 11) is -3.43. The van der Waals surface area contributed by atoms with Crippen LogP contribution in [0.5, 0.6) is 0 Å². The quantitative estimate of drug-likeness (QED) is 0.494. The molecule has 0 amide bonds. The van der Waals surface area contributed by atoms with E-state index in [1.165, 1.54) is 36.4 Å². The van der Waals surface area contributed by atoms with Gasteiger partial charge in [0.2, 0.25) is 0 Å². The number of carbonyl (C=O) groups excluding carboxylic acids is 1. The SMILES string of the molecule is CCOC(=O)/C(CC(=O)O)=C(/c1ccc(S(C)(=O)=O)cc1)c1ccc(Cl)c(Cl)c1. The smallest absolute Gasteiger partial charge is 0.335 e.